The van der Waals surface area contributed by atoms with Crippen molar-refractivity contribution in [2.75, 3.05) is 20.7 Å². The topological polar surface area (TPSA) is 26.3 Å². The zero-order chi connectivity index (χ0) is 18.8. The van der Waals surface area contributed by atoms with E-state index < -0.39 is 0 Å². The van der Waals surface area contributed by atoms with Gasteiger partial charge in [0.25, 0.3) is 0 Å². The number of hydrogen-bond donors (Lipinski definition) is 0. The summed E-state index contributed by atoms with van der Waals surface area (Å²) < 4.78 is 0.0555. The quantitative estimate of drug-likeness (QED) is 0.164. The van der Waals surface area contributed by atoms with Gasteiger partial charge < -0.3 is 12.4 Å². The number of hydrogen-bond acceptors (Lipinski definition) is 2. The smallest absolute Gasteiger partial charge is 0.345 e. The number of nitrogens with zero attached hydrogens (tertiary/aromatic N) is 1. The highest BCUT2D eigenvalue weighted by molar-refractivity contribution is 5.67. The zero-order valence-electron chi connectivity index (χ0n) is 17.9. The first-order valence-electron chi connectivity index (χ1n) is 10.7. The van der Waals surface area contributed by atoms with E-state index in [2.05, 4.69) is 19.1 Å². The van der Waals surface area contributed by atoms with Gasteiger partial charge in [-0.05, 0) is 39.0 Å². The number of quaternary nitrogens is 1. The molecule has 0 rings (SSSR count). The molecule has 0 spiro atoms. The van der Waals surface area contributed by atoms with Gasteiger partial charge in [0, 0.05) is 0 Å². The van der Waals surface area contributed by atoms with E-state index in [4.69, 9.17) is 4.84 Å². The molecule has 0 fully saturated rings. The maximum Gasteiger partial charge on any atom is 0.345 e. The van der Waals surface area contributed by atoms with Crippen molar-refractivity contribution >= 4 is 5.91 Å². The number of halogens is 1. The lowest BCUT2D eigenvalue weighted by molar-refractivity contribution is -1.01. The molecule has 0 unspecified atom stereocenters. The molecule has 0 aromatic rings. The summed E-state index contributed by atoms with van der Waals surface area (Å²) in [5.74, 6) is 0.180. The Hall–Kier alpha value is -0.380. The maximum absolute atomic E-state index is 12.0. The Morgan fingerprint density at radius 1 is 0.769 bits per heavy atom. The SMILES string of the molecule is CCCCCCCC/C=C\CCCCCCCC(=O)[N+](C)(C)OCC.[Cl-]. The number of rotatable bonds is 17. The van der Waals surface area contributed by atoms with Crippen LogP contribution in [0.5, 0.6) is 0 Å². The number of unbranched alkanes of at least 4 members (excludes halogenated alkanes) is 11. The molecule has 3 nitrogen and oxygen atoms in total. The molecule has 4 heteroatoms. The largest absolute Gasteiger partial charge is 1.00 e. The first-order valence-corrected chi connectivity index (χ1v) is 10.7. The average Bonchev–Trinajstić information content (AvgIpc) is 2.58. The molecule has 0 atom stereocenters. The predicted molar refractivity (Wildman–Crippen MR) is 108 cm³/mol. The molecular weight excluding hydrogens is 346 g/mol. The van der Waals surface area contributed by atoms with Crippen molar-refractivity contribution in [3.63, 3.8) is 0 Å². The lowest BCUT2D eigenvalue weighted by Crippen LogP contribution is -3.00. The Morgan fingerprint density at radius 2 is 1.23 bits per heavy atom. The predicted octanol–water partition coefficient (Wildman–Crippen LogP) is 3.58. The van der Waals surface area contributed by atoms with Crippen molar-refractivity contribution in [2.45, 2.75) is 104 Å². The fourth-order valence-electron chi connectivity index (χ4n) is 3.01. The normalized spacial score (nSPS) is 11.7. The number of amides is 1. The standard InChI is InChI=1S/C22H44NO2.ClH/c1-5-7-8-9-10-11-12-13-14-15-16-17-18-19-20-21-22(24)23(3,4)25-6-2;/h13-14H,5-12,15-21H2,1-4H3;1H/q+1;/p-1/b14-13-;. The third-order valence-electron chi connectivity index (χ3n) is 4.70. The third-order valence-corrected chi connectivity index (χ3v) is 4.70. The van der Waals surface area contributed by atoms with E-state index in [-0.39, 0.29) is 23.0 Å². The highest BCUT2D eigenvalue weighted by atomic mass is 35.5. The Kier molecular flexibility index (Phi) is 20.8. The fourth-order valence-corrected chi connectivity index (χ4v) is 3.01. The minimum atomic E-state index is 0. The van der Waals surface area contributed by atoms with Gasteiger partial charge in [0.15, 0.2) is 0 Å². The van der Waals surface area contributed by atoms with Crippen LogP contribution in [0.3, 0.4) is 0 Å². The Balaban J connectivity index is 0. The van der Waals surface area contributed by atoms with Gasteiger partial charge in [-0.15, -0.1) is 4.65 Å². The van der Waals surface area contributed by atoms with Crippen LogP contribution in [0, 0.1) is 0 Å². The van der Waals surface area contributed by atoms with Gasteiger partial charge in [-0.25, -0.2) is 4.79 Å². The van der Waals surface area contributed by atoms with Gasteiger partial charge >= 0.3 is 5.91 Å². The Morgan fingerprint density at radius 3 is 1.73 bits per heavy atom. The molecule has 0 aliphatic rings. The second-order valence-electron chi connectivity index (χ2n) is 7.50. The maximum atomic E-state index is 12.0. The van der Waals surface area contributed by atoms with Gasteiger partial charge in [-0.3, -0.25) is 0 Å². The van der Waals surface area contributed by atoms with E-state index in [0.717, 1.165) is 12.8 Å². The summed E-state index contributed by atoms with van der Waals surface area (Å²) in [5, 5.41) is 0. The second kappa shape index (κ2) is 19.4. The van der Waals surface area contributed by atoms with E-state index in [9.17, 15) is 4.79 Å². The molecule has 0 saturated carbocycles. The summed E-state index contributed by atoms with van der Waals surface area (Å²) in [4.78, 5) is 17.5. The first-order chi connectivity index (χ1) is 12.0. The molecule has 0 aliphatic carbocycles. The molecule has 0 aromatic heterocycles. The summed E-state index contributed by atoms with van der Waals surface area (Å²) in [6, 6.07) is 0. The monoisotopic (exact) mass is 389 g/mol. The summed E-state index contributed by atoms with van der Waals surface area (Å²) in [7, 11) is 3.65. The fraction of sp³-hybridized carbons (Fsp3) is 0.864. The number of carbonyl (C=O) groups is 1. The summed E-state index contributed by atoms with van der Waals surface area (Å²) in [6.07, 6.45) is 22.0. The number of allylic oxidation sites excluding steroid dienone is 2. The molecule has 0 radical (unpaired) electrons. The highest BCUT2D eigenvalue weighted by Gasteiger charge is 2.26. The molecule has 156 valence electrons. The van der Waals surface area contributed by atoms with Crippen LogP contribution in [0.1, 0.15) is 104 Å². The van der Waals surface area contributed by atoms with Crippen LogP contribution in [-0.2, 0) is 9.63 Å². The molecule has 0 aliphatic heterocycles. The third kappa shape index (κ3) is 17.1. The van der Waals surface area contributed by atoms with E-state index in [0.29, 0.717) is 13.0 Å². The highest BCUT2D eigenvalue weighted by Crippen LogP contribution is 2.12. The minimum Gasteiger partial charge on any atom is -1.00 e. The van der Waals surface area contributed by atoms with Gasteiger partial charge in [-0.2, -0.15) is 4.84 Å². The van der Waals surface area contributed by atoms with Crippen molar-refractivity contribution in [2.24, 2.45) is 0 Å². The van der Waals surface area contributed by atoms with Crippen molar-refractivity contribution < 1.29 is 26.7 Å². The molecule has 0 N–H and O–H groups in total. The average molecular weight is 390 g/mol. The molecule has 0 aromatic carbocycles. The van der Waals surface area contributed by atoms with Crippen LogP contribution >= 0.6 is 0 Å². The Bertz CT molecular complexity index is 343. The Labute approximate surface area is 169 Å². The molecule has 0 bridgehead atoms. The zero-order valence-corrected chi connectivity index (χ0v) is 18.7. The lowest BCUT2D eigenvalue weighted by Gasteiger charge is -2.23. The molecule has 26 heavy (non-hydrogen) atoms. The summed E-state index contributed by atoms with van der Waals surface area (Å²) >= 11 is 0. The van der Waals surface area contributed by atoms with Gasteiger partial charge in [-0.1, -0.05) is 70.4 Å². The molecule has 0 heterocycles. The summed E-state index contributed by atoms with van der Waals surface area (Å²) in [5.41, 5.74) is 0. The minimum absolute atomic E-state index is 0. The van der Waals surface area contributed by atoms with Crippen LogP contribution < -0.4 is 12.4 Å². The van der Waals surface area contributed by atoms with Crippen molar-refractivity contribution in [3.8, 4) is 0 Å². The van der Waals surface area contributed by atoms with E-state index >= 15 is 0 Å². The van der Waals surface area contributed by atoms with Crippen LogP contribution in [0.15, 0.2) is 12.2 Å². The first kappa shape index (κ1) is 27.8. The van der Waals surface area contributed by atoms with E-state index in [1.807, 2.05) is 21.0 Å². The van der Waals surface area contributed by atoms with E-state index in [1.165, 1.54) is 70.6 Å². The summed E-state index contributed by atoms with van der Waals surface area (Å²) in [6.45, 7) is 4.77. The van der Waals surface area contributed by atoms with Crippen molar-refractivity contribution in [1.82, 2.24) is 0 Å². The van der Waals surface area contributed by atoms with Gasteiger partial charge in [0.2, 0.25) is 0 Å². The number of carbonyl (C=O) groups excluding carboxylic acids is 1. The van der Waals surface area contributed by atoms with Crippen molar-refractivity contribution in [1.29, 1.82) is 0 Å². The second-order valence-corrected chi connectivity index (χ2v) is 7.50. The molecule has 1 amide bonds. The van der Waals surface area contributed by atoms with Crippen molar-refractivity contribution in [3.05, 3.63) is 12.2 Å². The lowest BCUT2D eigenvalue weighted by atomic mass is 10.1. The molecular formula is C22H44ClNO2. The molecule has 0 saturated heterocycles. The van der Waals surface area contributed by atoms with Gasteiger partial charge in [0.1, 0.15) is 20.7 Å². The van der Waals surface area contributed by atoms with Crippen LogP contribution in [0.2, 0.25) is 0 Å². The van der Waals surface area contributed by atoms with Gasteiger partial charge in [0.05, 0.1) is 6.42 Å². The number of hydroxylamine groups is 3. The van der Waals surface area contributed by atoms with Crippen LogP contribution in [-0.4, -0.2) is 31.3 Å². The van der Waals surface area contributed by atoms with Crippen LogP contribution in [0.25, 0.3) is 0 Å². The van der Waals surface area contributed by atoms with E-state index in [1.54, 1.807) is 0 Å². The van der Waals surface area contributed by atoms with Crippen LogP contribution in [0.4, 0.5) is 0 Å².